The molecule has 0 aromatic heterocycles. The fraction of sp³-hybridized carbons (Fsp3) is 0.409. The molecule has 6 heteroatoms. The van der Waals surface area contributed by atoms with Gasteiger partial charge in [-0.25, -0.2) is 13.2 Å². The number of ether oxygens (including phenoxy) is 1. The average Bonchev–Trinajstić information content (AvgIpc) is 3.39. The van der Waals surface area contributed by atoms with Crippen molar-refractivity contribution in [1.82, 2.24) is 4.90 Å². The molecule has 1 saturated heterocycles. The molecule has 0 radical (unpaired) electrons. The molecule has 2 fully saturated rings. The van der Waals surface area contributed by atoms with Crippen LogP contribution in [0, 0.1) is 23.4 Å². The van der Waals surface area contributed by atoms with E-state index in [1.807, 2.05) is 0 Å². The molecule has 0 N–H and O–H groups in total. The van der Waals surface area contributed by atoms with Gasteiger partial charge in [0.2, 0.25) is 5.91 Å². The van der Waals surface area contributed by atoms with Crippen LogP contribution in [0.1, 0.15) is 49.0 Å². The van der Waals surface area contributed by atoms with Crippen LogP contribution >= 0.6 is 0 Å². The first kappa shape index (κ1) is 19.0. The molecular formula is C22H22F3NO2. The highest BCUT2D eigenvalue weighted by atomic mass is 19.1. The predicted molar refractivity (Wildman–Crippen MR) is 97.9 cm³/mol. The lowest BCUT2D eigenvalue weighted by Gasteiger charge is -2.35. The molecule has 28 heavy (non-hydrogen) atoms. The van der Waals surface area contributed by atoms with E-state index in [0.717, 1.165) is 18.9 Å². The molecule has 1 saturated carbocycles. The van der Waals surface area contributed by atoms with E-state index in [9.17, 15) is 18.0 Å². The Bertz CT molecular complexity index is 831. The second kappa shape index (κ2) is 7.95. The number of rotatable bonds is 7. The zero-order chi connectivity index (χ0) is 19.7. The van der Waals surface area contributed by atoms with E-state index in [0.29, 0.717) is 43.0 Å². The summed E-state index contributed by atoms with van der Waals surface area (Å²) in [4.78, 5) is 14.2. The van der Waals surface area contributed by atoms with Gasteiger partial charge < -0.3 is 9.64 Å². The summed E-state index contributed by atoms with van der Waals surface area (Å²) in [5.41, 5.74) is 1.02. The number of likely N-dealkylation sites (tertiary alicyclic amines) is 1. The van der Waals surface area contributed by atoms with Crippen LogP contribution in [0.15, 0.2) is 42.5 Å². The topological polar surface area (TPSA) is 29.5 Å². The van der Waals surface area contributed by atoms with Gasteiger partial charge in [-0.05, 0) is 60.6 Å². The zero-order valence-corrected chi connectivity index (χ0v) is 15.4. The van der Waals surface area contributed by atoms with Crippen molar-refractivity contribution < 1.29 is 22.7 Å². The lowest BCUT2D eigenvalue weighted by molar-refractivity contribution is -0.133. The van der Waals surface area contributed by atoms with Gasteiger partial charge in [0.1, 0.15) is 23.6 Å². The van der Waals surface area contributed by atoms with Crippen LogP contribution in [0.4, 0.5) is 13.2 Å². The van der Waals surface area contributed by atoms with Gasteiger partial charge in [-0.3, -0.25) is 4.79 Å². The molecule has 2 atom stereocenters. The lowest BCUT2D eigenvalue weighted by Crippen LogP contribution is -2.35. The predicted octanol–water partition coefficient (Wildman–Crippen LogP) is 4.94. The molecule has 0 spiro atoms. The highest BCUT2D eigenvalue weighted by Gasteiger charge is 2.37. The molecule has 0 bridgehead atoms. The van der Waals surface area contributed by atoms with Gasteiger partial charge in [0.25, 0.3) is 0 Å². The van der Waals surface area contributed by atoms with E-state index >= 15 is 0 Å². The highest BCUT2D eigenvalue weighted by Crippen LogP contribution is 2.41. The van der Waals surface area contributed by atoms with Crippen molar-refractivity contribution in [3.05, 3.63) is 71.0 Å². The molecule has 1 aliphatic heterocycles. The number of halogens is 3. The van der Waals surface area contributed by atoms with Crippen molar-refractivity contribution in [3.63, 3.8) is 0 Å². The summed E-state index contributed by atoms with van der Waals surface area (Å²) in [6.45, 7) is 0.991. The van der Waals surface area contributed by atoms with Gasteiger partial charge in [0.15, 0.2) is 0 Å². The third-order valence-electron chi connectivity index (χ3n) is 5.37. The Balaban J connectivity index is 1.76. The Kier molecular flexibility index (Phi) is 5.40. The Labute approximate surface area is 162 Å². The van der Waals surface area contributed by atoms with Gasteiger partial charge in [0.05, 0.1) is 12.6 Å². The van der Waals surface area contributed by atoms with E-state index < -0.39 is 23.8 Å². The first-order chi connectivity index (χ1) is 13.5. The molecule has 1 amide bonds. The summed E-state index contributed by atoms with van der Waals surface area (Å²) in [5.74, 6) is -1.38. The Morgan fingerprint density at radius 1 is 0.964 bits per heavy atom. The van der Waals surface area contributed by atoms with Crippen molar-refractivity contribution >= 4 is 5.91 Å². The van der Waals surface area contributed by atoms with E-state index in [2.05, 4.69) is 0 Å². The fourth-order valence-corrected chi connectivity index (χ4v) is 3.77. The van der Waals surface area contributed by atoms with Crippen molar-refractivity contribution in [2.75, 3.05) is 13.2 Å². The molecular weight excluding hydrogens is 367 g/mol. The summed E-state index contributed by atoms with van der Waals surface area (Å²) in [7, 11) is 0. The minimum Gasteiger partial charge on any atom is -0.371 e. The first-order valence-electron chi connectivity index (χ1n) is 9.64. The number of amides is 1. The maximum absolute atomic E-state index is 13.9. The molecule has 148 valence electrons. The van der Waals surface area contributed by atoms with Crippen molar-refractivity contribution in [2.45, 2.75) is 37.8 Å². The number of carbonyl (C=O) groups is 1. The highest BCUT2D eigenvalue weighted by molar-refractivity contribution is 5.78. The minimum absolute atomic E-state index is 0.0359. The monoisotopic (exact) mass is 389 g/mol. The largest absolute Gasteiger partial charge is 0.371 e. The van der Waals surface area contributed by atoms with Crippen LogP contribution in [-0.2, 0) is 9.53 Å². The van der Waals surface area contributed by atoms with E-state index in [1.165, 1.54) is 24.3 Å². The molecule has 1 unspecified atom stereocenters. The fourth-order valence-electron chi connectivity index (χ4n) is 3.77. The van der Waals surface area contributed by atoms with Crippen LogP contribution in [0.2, 0.25) is 0 Å². The molecule has 4 rings (SSSR count). The van der Waals surface area contributed by atoms with Crippen LogP contribution in [0.3, 0.4) is 0 Å². The van der Waals surface area contributed by atoms with Gasteiger partial charge in [-0.15, -0.1) is 0 Å². The summed E-state index contributed by atoms with van der Waals surface area (Å²) >= 11 is 0. The van der Waals surface area contributed by atoms with E-state index in [-0.39, 0.29) is 11.7 Å². The normalized spacial score (nSPS) is 19.1. The van der Waals surface area contributed by atoms with Gasteiger partial charge in [-0.1, -0.05) is 12.1 Å². The lowest BCUT2D eigenvalue weighted by atomic mass is 9.94. The van der Waals surface area contributed by atoms with Crippen LogP contribution in [0.25, 0.3) is 0 Å². The Hall–Kier alpha value is -2.34. The van der Waals surface area contributed by atoms with Gasteiger partial charge in [0, 0.05) is 19.0 Å². The maximum atomic E-state index is 13.9. The van der Waals surface area contributed by atoms with E-state index in [4.69, 9.17) is 4.74 Å². The summed E-state index contributed by atoms with van der Waals surface area (Å²) in [6.07, 6.45) is 2.52. The number of nitrogens with zero attached hydrogens (tertiary/aromatic N) is 1. The second-order valence-corrected chi connectivity index (χ2v) is 7.59. The van der Waals surface area contributed by atoms with Crippen LogP contribution in [0.5, 0.6) is 0 Å². The summed E-state index contributed by atoms with van der Waals surface area (Å²) in [5, 5.41) is 0. The van der Waals surface area contributed by atoms with Gasteiger partial charge in [-0.2, -0.15) is 0 Å². The Morgan fingerprint density at radius 2 is 1.64 bits per heavy atom. The first-order valence-corrected chi connectivity index (χ1v) is 9.64. The standard InChI is InChI=1S/C22H22F3NO2/c23-17-7-5-15(6-8-17)21(26-9-1-2-20(26)27)22(28-13-14-3-4-14)16-10-18(24)12-19(25)11-16/h5-8,10-12,14,21-22H,1-4,9,13H2/t21?,22-/m0/s1. The Morgan fingerprint density at radius 3 is 2.21 bits per heavy atom. The third kappa shape index (κ3) is 4.22. The van der Waals surface area contributed by atoms with Crippen LogP contribution < -0.4 is 0 Å². The molecule has 2 aromatic rings. The SMILES string of the molecule is O=C1CCCN1C(c1ccc(F)cc1)[C@@H](OCC1CC1)c1cc(F)cc(F)c1. The maximum Gasteiger partial charge on any atom is 0.223 e. The van der Waals surface area contributed by atoms with E-state index in [1.54, 1.807) is 17.0 Å². The molecule has 1 aliphatic carbocycles. The van der Waals surface area contributed by atoms with Crippen molar-refractivity contribution in [1.29, 1.82) is 0 Å². The number of carbonyl (C=O) groups excluding carboxylic acids is 1. The number of hydrogen-bond donors (Lipinski definition) is 0. The second-order valence-electron chi connectivity index (χ2n) is 7.59. The average molecular weight is 389 g/mol. The van der Waals surface area contributed by atoms with Gasteiger partial charge >= 0.3 is 0 Å². The third-order valence-corrected chi connectivity index (χ3v) is 5.37. The molecule has 2 aromatic carbocycles. The van der Waals surface area contributed by atoms with Crippen molar-refractivity contribution in [2.24, 2.45) is 5.92 Å². The number of hydrogen-bond acceptors (Lipinski definition) is 2. The molecule has 3 nitrogen and oxygen atoms in total. The van der Waals surface area contributed by atoms with Crippen molar-refractivity contribution in [3.8, 4) is 0 Å². The summed E-state index contributed by atoms with van der Waals surface area (Å²) in [6, 6.07) is 8.60. The van der Waals surface area contributed by atoms with Crippen LogP contribution in [-0.4, -0.2) is 24.0 Å². The summed E-state index contributed by atoms with van der Waals surface area (Å²) < 4.78 is 47.5. The smallest absolute Gasteiger partial charge is 0.223 e. The molecule has 1 heterocycles. The quantitative estimate of drug-likeness (QED) is 0.672. The minimum atomic E-state index is -0.738. The molecule has 2 aliphatic rings. The number of benzene rings is 2. The zero-order valence-electron chi connectivity index (χ0n) is 15.4.